The molecule has 0 saturated heterocycles. The van der Waals surface area contributed by atoms with Gasteiger partial charge in [0.2, 0.25) is 0 Å². The molecule has 0 atom stereocenters. The lowest BCUT2D eigenvalue weighted by Crippen LogP contribution is -2.35. The minimum atomic E-state index is -1.06. The summed E-state index contributed by atoms with van der Waals surface area (Å²) in [5, 5.41) is 9.04. The van der Waals surface area contributed by atoms with Gasteiger partial charge in [0.25, 0.3) is 5.91 Å². The molecule has 1 amide bonds. The van der Waals surface area contributed by atoms with Crippen LogP contribution in [0.15, 0.2) is 42.6 Å². The number of rotatable bonds is 4. The molecule has 0 aliphatic heterocycles. The van der Waals surface area contributed by atoms with Gasteiger partial charge in [-0.1, -0.05) is 17.7 Å². The molecule has 0 spiro atoms. The fourth-order valence-electron chi connectivity index (χ4n) is 1.97. The van der Waals surface area contributed by atoms with Crippen LogP contribution in [0.5, 0.6) is 0 Å². The van der Waals surface area contributed by atoms with Gasteiger partial charge in [0, 0.05) is 23.1 Å². The third kappa shape index (κ3) is 3.66. The van der Waals surface area contributed by atoms with E-state index in [0.29, 0.717) is 16.9 Å². The van der Waals surface area contributed by atoms with Crippen LogP contribution in [0.25, 0.3) is 0 Å². The van der Waals surface area contributed by atoms with Crippen LogP contribution in [-0.4, -0.2) is 28.5 Å². The summed E-state index contributed by atoms with van der Waals surface area (Å²) >= 11 is 0. The van der Waals surface area contributed by atoms with Crippen LogP contribution in [0.3, 0.4) is 0 Å². The van der Waals surface area contributed by atoms with Crippen molar-refractivity contribution in [3.05, 3.63) is 59.4 Å². The lowest BCUT2D eigenvalue weighted by molar-refractivity contribution is -0.135. The third-order valence-corrected chi connectivity index (χ3v) is 3.03. The van der Waals surface area contributed by atoms with Gasteiger partial charge in [0.1, 0.15) is 6.54 Å². The summed E-state index contributed by atoms with van der Waals surface area (Å²) in [5.41, 5.74) is 2.73. The molecule has 108 valence electrons. The zero-order valence-corrected chi connectivity index (χ0v) is 11.9. The molecule has 0 radical (unpaired) electrons. The molecule has 21 heavy (non-hydrogen) atoms. The van der Waals surface area contributed by atoms with Gasteiger partial charge in [-0.05, 0) is 38.1 Å². The molecule has 0 aliphatic rings. The van der Waals surface area contributed by atoms with E-state index in [1.807, 2.05) is 19.1 Å². The third-order valence-electron chi connectivity index (χ3n) is 3.03. The molecule has 0 bridgehead atoms. The molecule has 1 heterocycles. The van der Waals surface area contributed by atoms with Crippen molar-refractivity contribution >= 4 is 17.6 Å². The number of hydrogen-bond acceptors (Lipinski definition) is 3. The Kier molecular flexibility index (Phi) is 4.33. The number of aliphatic carboxylic acids is 1. The summed E-state index contributed by atoms with van der Waals surface area (Å²) in [4.78, 5) is 28.9. The summed E-state index contributed by atoms with van der Waals surface area (Å²) in [6.07, 6.45) is 1.54. The van der Waals surface area contributed by atoms with Gasteiger partial charge in [-0.3, -0.25) is 19.5 Å². The van der Waals surface area contributed by atoms with E-state index in [9.17, 15) is 9.59 Å². The minimum Gasteiger partial charge on any atom is -0.480 e. The van der Waals surface area contributed by atoms with Gasteiger partial charge in [-0.15, -0.1) is 0 Å². The van der Waals surface area contributed by atoms with Crippen LogP contribution in [0.2, 0.25) is 0 Å². The van der Waals surface area contributed by atoms with Gasteiger partial charge < -0.3 is 5.11 Å². The Balaban J connectivity index is 2.38. The van der Waals surface area contributed by atoms with Crippen molar-refractivity contribution in [3.63, 3.8) is 0 Å². The molecule has 0 unspecified atom stereocenters. The molecular weight excluding hydrogens is 268 g/mol. The molecule has 0 fully saturated rings. The number of nitrogens with zero attached hydrogens (tertiary/aromatic N) is 2. The maximum atomic E-state index is 12.6. The molecule has 5 nitrogen and oxygen atoms in total. The molecule has 5 heteroatoms. The number of carboxylic acids is 1. The summed E-state index contributed by atoms with van der Waals surface area (Å²) < 4.78 is 0. The lowest BCUT2D eigenvalue weighted by atomic mass is 10.1. The number of carboxylic acid groups (broad SMARTS) is 1. The predicted molar refractivity (Wildman–Crippen MR) is 79.5 cm³/mol. The van der Waals surface area contributed by atoms with E-state index in [1.54, 1.807) is 31.2 Å². The van der Waals surface area contributed by atoms with Crippen LogP contribution in [0, 0.1) is 13.8 Å². The number of amides is 1. The minimum absolute atomic E-state index is 0.355. The number of pyridine rings is 1. The SMILES string of the molecule is Cc1ccc(N(CC(=O)O)C(=O)c2ccnc(C)c2)cc1. The monoisotopic (exact) mass is 284 g/mol. The smallest absolute Gasteiger partial charge is 0.323 e. The summed E-state index contributed by atoms with van der Waals surface area (Å²) in [5.74, 6) is -1.42. The van der Waals surface area contributed by atoms with E-state index < -0.39 is 5.97 Å². The number of anilines is 1. The summed E-state index contributed by atoms with van der Waals surface area (Å²) in [6, 6.07) is 10.4. The maximum absolute atomic E-state index is 12.6. The van der Waals surface area contributed by atoms with Gasteiger partial charge >= 0.3 is 5.97 Å². The molecular formula is C16H16N2O3. The highest BCUT2D eigenvalue weighted by molar-refractivity contribution is 6.08. The second-order valence-electron chi connectivity index (χ2n) is 4.81. The second-order valence-corrected chi connectivity index (χ2v) is 4.81. The fourth-order valence-corrected chi connectivity index (χ4v) is 1.97. The van der Waals surface area contributed by atoms with Crippen molar-refractivity contribution in [2.24, 2.45) is 0 Å². The molecule has 1 aromatic carbocycles. The van der Waals surface area contributed by atoms with Crippen molar-refractivity contribution in [2.45, 2.75) is 13.8 Å². The highest BCUT2D eigenvalue weighted by atomic mass is 16.4. The standard InChI is InChI=1S/C16H16N2O3/c1-11-3-5-14(6-4-11)18(10-15(19)20)16(21)13-7-8-17-12(2)9-13/h3-9H,10H2,1-2H3,(H,19,20). The van der Waals surface area contributed by atoms with E-state index in [0.717, 1.165) is 5.56 Å². The number of benzene rings is 1. The van der Waals surface area contributed by atoms with Crippen molar-refractivity contribution < 1.29 is 14.7 Å². The Labute approximate surface area is 122 Å². The molecule has 1 N–H and O–H groups in total. The Morgan fingerprint density at radius 2 is 1.81 bits per heavy atom. The maximum Gasteiger partial charge on any atom is 0.323 e. The summed E-state index contributed by atoms with van der Waals surface area (Å²) in [6.45, 7) is 3.33. The second kappa shape index (κ2) is 6.17. The highest BCUT2D eigenvalue weighted by Gasteiger charge is 2.20. The first-order chi connectivity index (χ1) is 9.97. The van der Waals surface area contributed by atoms with E-state index >= 15 is 0 Å². The van der Waals surface area contributed by atoms with Crippen LogP contribution >= 0.6 is 0 Å². The van der Waals surface area contributed by atoms with E-state index in [1.165, 1.54) is 11.1 Å². The Morgan fingerprint density at radius 3 is 2.38 bits per heavy atom. The molecule has 2 aromatic rings. The van der Waals surface area contributed by atoms with Crippen molar-refractivity contribution in [3.8, 4) is 0 Å². The largest absolute Gasteiger partial charge is 0.480 e. The molecule has 1 aromatic heterocycles. The summed E-state index contributed by atoms with van der Waals surface area (Å²) in [7, 11) is 0. The average Bonchev–Trinajstić information content (AvgIpc) is 2.45. The first kappa shape index (κ1) is 14.7. The van der Waals surface area contributed by atoms with Gasteiger partial charge in [-0.2, -0.15) is 0 Å². The number of aryl methyl sites for hydroxylation is 2. The molecule has 0 saturated carbocycles. The zero-order valence-electron chi connectivity index (χ0n) is 11.9. The van der Waals surface area contributed by atoms with Crippen molar-refractivity contribution in [2.75, 3.05) is 11.4 Å². The van der Waals surface area contributed by atoms with Gasteiger partial charge in [-0.25, -0.2) is 0 Å². The van der Waals surface area contributed by atoms with E-state index in [2.05, 4.69) is 4.98 Å². The van der Waals surface area contributed by atoms with Crippen LogP contribution in [-0.2, 0) is 4.79 Å². The first-order valence-electron chi connectivity index (χ1n) is 6.50. The lowest BCUT2D eigenvalue weighted by Gasteiger charge is -2.21. The van der Waals surface area contributed by atoms with Crippen LogP contribution in [0.1, 0.15) is 21.6 Å². The predicted octanol–water partition coefficient (Wildman–Crippen LogP) is 2.43. The number of carbonyl (C=O) groups is 2. The number of aromatic nitrogens is 1. The topological polar surface area (TPSA) is 70.5 Å². The number of carbonyl (C=O) groups excluding carboxylic acids is 1. The Hall–Kier alpha value is -2.69. The molecule has 2 rings (SSSR count). The van der Waals surface area contributed by atoms with Crippen molar-refractivity contribution in [1.82, 2.24) is 4.98 Å². The van der Waals surface area contributed by atoms with Crippen LogP contribution in [0.4, 0.5) is 5.69 Å². The van der Waals surface area contributed by atoms with Crippen molar-refractivity contribution in [1.29, 1.82) is 0 Å². The Morgan fingerprint density at radius 1 is 1.14 bits per heavy atom. The highest BCUT2D eigenvalue weighted by Crippen LogP contribution is 2.18. The zero-order chi connectivity index (χ0) is 15.4. The average molecular weight is 284 g/mol. The first-order valence-corrected chi connectivity index (χ1v) is 6.50. The van der Waals surface area contributed by atoms with E-state index in [-0.39, 0.29) is 12.5 Å². The molecule has 0 aliphatic carbocycles. The normalized spacial score (nSPS) is 10.2. The van der Waals surface area contributed by atoms with Gasteiger partial charge in [0.05, 0.1) is 0 Å². The quantitative estimate of drug-likeness (QED) is 0.936. The van der Waals surface area contributed by atoms with Crippen LogP contribution < -0.4 is 4.90 Å². The van der Waals surface area contributed by atoms with Gasteiger partial charge in [0.15, 0.2) is 0 Å². The Bertz CT molecular complexity index is 665. The van der Waals surface area contributed by atoms with E-state index in [4.69, 9.17) is 5.11 Å². The fraction of sp³-hybridized carbons (Fsp3) is 0.188. The number of hydrogen-bond donors (Lipinski definition) is 1.